The van der Waals surface area contributed by atoms with Gasteiger partial charge in [-0.15, -0.1) is 0 Å². The molecule has 0 spiro atoms. The summed E-state index contributed by atoms with van der Waals surface area (Å²) in [6, 6.07) is 0. The van der Waals surface area contributed by atoms with Crippen LogP contribution < -0.4 is 0 Å². The Bertz CT molecular complexity index is 2570. The predicted octanol–water partition coefficient (Wildman–Crippen LogP) is 28.3. The molecule has 0 radical (unpaired) electrons. The summed E-state index contributed by atoms with van der Waals surface area (Å²) in [7, 11) is 2.12. The molecule has 0 aromatic carbocycles. The van der Waals surface area contributed by atoms with E-state index < -0.39 is 43.5 Å². The summed E-state index contributed by atoms with van der Waals surface area (Å²) in [5.74, 6) is 12.5. The van der Waals surface area contributed by atoms with Gasteiger partial charge in [-0.25, -0.2) is 0 Å². The maximum atomic E-state index is 12.7. The summed E-state index contributed by atoms with van der Waals surface area (Å²) in [5, 5.41) is 0. The molecule has 21 fully saturated rings. The topological polar surface area (TPSA) is 3.24 Å². The van der Waals surface area contributed by atoms with Gasteiger partial charge in [0.25, 0.3) is 0 Å². The highest BCUT2D eigenvalue weighted by Gasteiger charge is 2.52. The van der Waals surface area contributed by atoms with Crippen molar-refractivity contribution in [3.63, 3.8) is 0 Å². The molecule has 1 saturated heterocycles. The fourth-order valence-electron chi connectivity index (χ4n) is 22.0. The third kappa shape index (κ3) is 24.2. The van der Waals surface area contributed by atoms with Gasteiger partial charge >= 0.3 is 6.18 Å². The second-order valence-electron chi connectivity index (χ2n) is 36.1. The van der Waals surface area contributed by atoms with Crippen LogP contribution in [0.25, 0.3) is 0 Å². The number of alkyl halides is 3. The van der Waals surface area contributed by atoms with E-state index in [1.54, 1.807) is 20.8 Å². The SMILES string of the molecule is [2H]C([2H])(C)C12CC3CC(CC(C3)C1)C2.[2H]C([2H])(C)C1CC2CC(C2)C1.[2H]C([2H])(C)C1CC2CCC1C2.[2H]C([2H])(C)C1CCC(C)(C(F)(F)F)CC1.[2H]C([2H])(C)C1CCC(C)CC1.[2H]C1(C)CC2CC(C2)C1.[2H]C1(C)CCCCC1.[2H]C1(C)CCN(C)CC1.[2H][C@@]1(C)CC2CCC1C2.[2H][C@@]1(C)CC2CCC1CC2. The van der Waals surface area contributed by atoms with Gasteiger partial charge in [0.1, 0.15) is 0 Å². The smallest absolute Gasteiger partial charge is 0.306 e. The Morgan fingerprint density at radius 3 is 1.10 bits per heavy atom. The van der Waals surface area contributed by atoms with Gasteiger partial charge in [0.2, 0.25) is 0 Å². The largest absolute Gasteiger partial charge is 0.394 e. The Labute approximate surface area is 594 Å². The molecule has 0 aromatic heterocycles. The third-order valence-corrected chi connectivity index (χ3v) is 28.4. The van der Waals surface area contributed by atoms with Crippen LogP contribution in [0.3, 0.4) is 0 Å². The van der Waals surface area contributed by atoms with E-state index in [2.05, 4.69) is 39.6 Å². The van der Waals surface area contributed by atoms with Crippen LogP contribution in [0.1, 0.15) is 405 Å². The zero-order valence-corrected chi connectivity index (χ0v) is 62.6. The molecule has 0 amide bonds. The van der Waals surface area contributed by atoms with Crippen molar-refractivity contribution in [2.45, 2.75) is 391 Å². The van der Waals surface area contributed by atoms with Crippen molar-refractivity contribution in [1.29, 1.82) is 0 Å². The lowest BCUT2D eigenvalue weighted by molar-refractivity contribution is -0.229. The number of likely N-dealkylation sites (tertiary alicyclic amines) is 1. The Balaban J connectivity index is 0.000000151. The standard InChI is InChI=1S/C12H20.C10H17F3.3C9H16.C9H18.2C8H14.C7H15N.C7H14/c1-2-12-6-9-3-10(7-12)5-11(4-9)8-12;1-3-8-4-6-9(2,7-5-8)10(11,12)13;1-7-6-8-2-4-9(7)5-3-8;1-2-7-3-8-5-9(4-7)6-8;1-2-8-5-7-3-4-9(8)6-7;1-3-9-6-4-8(2)5-7-9;1-6-2-7-4-8(3-6)5-7;1-6-4-7-2-3-8(6)5-7;1-7-3-5-8(2)6-4-7;1-7-5-3-2-4-6-7/h9-11H,2-8H2,1H3;8H,3-7H2,1-2H3;3*7-9H,2-6H2,1H3;8-9H,3-7H2,1-2H3;2*6-8H,2-5H2,1H3;7H,3-6H2,1-2H3;7H,2-6H2,1H3/t;;7-,8?,9?;;;;;6-,7?,8?;;/m..1....1../s1/i2D2;3D2;7D;2*2D2;3D2;2*6D;2*7D. The molecular weight excluding hydrogens is 1130 g/mol. The van der Waals surface area contributed by atoms with Gasteiger partial charge in [0.05, 0.1) is 5.41 Å². The number of hydrogen-bond donors (Lipinski definition) is 0. The molecule has 0 N–H and O–H groups in total. The Morgan fingerprint density at radius 2 is 0.804 bits per heavy atom. The average Bonchev–Trinajstić information content (AvgIpc) is 1.71. The highest BCUT2D eigenvalue weighted by atomic mass is 19.4. The zero-order valence-electron chi connectivity index (χ0n) is 77.6. The van der Waals surface area contributed by atoms with Crippen LogP contribution in [-0.4, -0.2) is 31.2 Å². The molecule has 1 nitrogen and oxygen atoms in total. The molecule has 1 aliphatic heterocycles. The second kappa shape index (κ2) is 38.0. The fraction of sp³-hybridized carbons (Fsp3) is 1.00. The fourth-order valence-corrected chi connectivity index (χ4v) is 22.0. The molecule has 538 valence electrons. The minimum absolute atomic E-state index is 0.0388. The van der Waals surface area contributed by atoms with Crippen LogP contribution in [0.15, 0.2) is 0 Å². The monoisotopic (exact) mass is 1300 g/mol. The second-order valence-corrected chi connectivity index (χ2v) is 36.1. The summed E-state index contributed by atoms with van der Waals surface area (Å²) in [4.78, 5) is 2.29. The van der Waals surface area contributed by atoms with Gasteiger partial charge in [-0.1, -0.05) is 198 Å². The van der Waals surface area contributed by atoms with E-state index in [0.717, 1.165) is 154 Å². The molecule has 92 heavy (non-hydrogen) atoms. The third-order valence-electron chi connectivity index (χ3n) is 28.4. The normalized spacial score (nSPS) is 50.0. The molecule has 14 bridgehead atoms. The molecule has 21 rings (SSSR count). The molecule has 4 heteroatoms. The van der Waals surface area contributed by atoms with E-state index in [0.29, 0.717) is 30.6 Å². The number of rotatable bonds is 5. The number of fused-ring (bicyclic) bond motifs is 11. The lowest BCUT2D eigenvalue weighted by Gasteiger charge is -2.56. The van der Waals surface area contributed by atoms with Crippen molar-refractivity contribution in [2.75, 3.05) is 20.1 Å². The van der Waals surface area contributed by atoms with Crippen molar-refractivity contribution >= 4 is 0 Å². The summed E-state index contributed by atoms with van der Waals surface area (Å²) >= 11 is 0. The van der Waals surface area contributed by atoms with Crippen LogP contribution in [-0.2, 0) is 0 Å². The summed E-state index contributed by atoms with van der Waals surface area (Å²) in [6.07, 6.45) is 39.6. The van der Waals surface area contributed by atoms with Crippen molar-refractivity contribution in [3.05, 3.63) is 0 Å². The molecule has 20 aliphatic carbocycles. The molecule has 20 saturated carbocycles. The molecule has 7 atom stereocenters. The van der Waals surface area contributed by atoms with E-state index in [-0.39, 0.29) is 53.6 Å². The van der Waals surface area contributed by atoms with Crippen molar-refractivity contribution < 1.29 is 33.7 Å². The van der Waals surface area contributed by atoms with Crippen LogP contribution in [0.4, 0.5) is 13.2 Å². The number of hydrogen-bond acceptors (Lipinski definition) is 1. The Morgan fingerprint density at radius 1 is 0.380 bits per heavy atom. The number of halogens is 3. The Kier molecular flexibility index (Phi) is 24.1. The van der Waals surface area contributed by atoms with Crippen LogP contribution in [0.2, 0.25) is 0 Å². The van der Waals surface area contributed by atoms with E-state index in [4.69, 9.17) is 20.6 Å². The quantitative estimate of drug-likeness (QED) is 0.265. The van der Waals surface area contributed by atoms with Crippen LogP contribution in [0, 0.1) is 147 Å². The zero-order chi connectivity index (χ0) is 79.6. The summed E-state index contributed by atoms with van der Waals surface area (Å²) in [6.45, 7) is 24.6. The van der Waals surface area contributed by atoms with Gasteiger partial charge in [0.15, 0.2) is 0 Å². The van der Waals surface area contributed by atoms with Gasteiger partial charge in [-0.05, 0) is 348 Å². The lowest BCUT2D eigenvalue weighted by Crippen LogP contribution is -2.45. The highest BCUT2D eigenvalue weighted by Crippen LogP contribution is 2.61. The first-order valence-corrected chi connectivity index (χ1v) is 40.3. The van der Waals surface area contributed by atoms with E-state index >= 15 is 0 Å². The van der Waals surface area contributed by atoms with E-state index in [1.165, 1.54) is 200 Å². The van der Waals surface area contributed by atoms with Gasteiger partial charge < -0.3 is 4.90 Å². The van der Waals surface area contributed by atoms with Crippen LogP contribution >= 0.6 is 0 Å². The maximum Gasteiger partial charge on any atom is 0.394 e. The van der Waals surface area contributed by atoms with E-state index in [1.807, 2.05) is 20.8 Å². The minimum Gasteiger partial charge on any atom is -0.306 e. The van der Waals surface area contributed by atoms with Crippen molar-refractivity contribution in [2.24, 2.45) is 147 Å². The van der Waals surface area contributed by atoms with Crippen molar-refractivity contribution in [1.82, 2.24) is 4.90 Å². The maximum absolute atomic E-state index is 12.7. The van der Waals surface area contributed by atoms with Crippen molar-refractivity contribution in [3.8, 4) is 0 Å². The number of piperidine rings is 1. The number of nitrogens with zero attached hydrogens (tertiary/aromatic N) is 1. The van der Waals surface area contributed by atoms with Gasteiger partial charge in [-0.2, -0.15) is 13.2 Å². The summed E-state index contributed by atoms with van der Waals surface area (Å²) in [5.41, 5.74) is -1.53. The average molecular weight is 1300 g/mol. The van der Waals surface area contributed by atoms with E-state index in [9.17, 15) is 13.2 Å². The first-order chi connectivity index (χ1) is 49.0. The summed E-state index contributed by atoms with van der Waals surface area (Å²) < 4.78 is 154. The molecule has 21 aliphatic rings. The molecule has 5 unspecified atom stereocenters. The van der Waals surface area contributed by atoms with Crippen LogP contribution in [0.5, 0.6) is 0 Å². The predicted molar refractivity (Wildman–Crippen MR) is 394 cm³/mol. The molecule has 1 heterocycles. The lowest BCUT2D eigenvalue weighted by atomic mass is 9.49. The Hall–Kier alpha value is -0.250. The molecular formula is C88H160F3N. The minimum atomic E-state index is -4.15. The first-order valence-electron chi connectivity index (χ1n) is 47.8. The molecule has 0 aromatic rings. The van der Waals surface area contributed by atoms with Gasteiger partial charge in [0, 0.05) is 20.6 Å². The van der Waals surface area contributed by atoms with Gasteiger partial charge in [-0.3, -0.25) is 0 Å². The first kappa shape index (κ1) is 58.4. The highest BCUT2D eigenvalue weighted by molar-refractivity contribution is 5.01.